The number of nitrogens with one attached hydrogen (secondary N) is 1. The largest absolute Gasteiger partial charge is 0.497 e. The molecular weight excluding hydrogens is 260 g/mol. The summed E-state index contributed by atoms with van der Waals surface area (Å²) in [5.74, 6) is 1.16. The Bertz CT molecular complexity index is 510. The number of hydrogen-bond donors (Lipinski definition) is 1. The summed E-state index contributed by atoms with van der Waals surface area (Å²) in [4.78, 5) is 24.7. The highest BCUT2D eigenvalue weighted by Crippen LogP contribution is 2.21. The molecule has 1 aromatic rings. The third kappa shape index (κ3) is 2.68. The van der Waals surface area contributed by atoms with Crippen molar-refractivity contribution in [3.05, 3.63) is 24.3 Å². The molecule has 6 nitrogen and oxygen atoms in total. The zero-order valence-corrected chi connectivity index (χ0v) is 11.8. The molecule has 1 aliphatic rings. The molecule has 0 saturated carbocycles. The molecule has 1 fully saturated rings. The molecular formula is C14H18N2O4. The molecule has 6 heteroatoms. The molecule has 1 aliphatic heterocycles. The van der Waals surface area contributed by atoms with E-state index in [9.17, 15) is 9.59 Å². The third-order valence-electron chi connectivity index (χ3n) is 3.34. The maximum absolute atomic E-state index is 11.6. The Hall–Kier alpha value is -2.24. The second-order valence-electron chi connectivity index (χ2n) is 4.99. The maximum Gasteiger partial charge on any atom is 0.325 e. The monoisotopic (exact) mass is 278 g/mol. The lowest BCUT2D eigenvalue weighted by Crippen LogP contribution is -2.45. The predicted molar refractivity (Wildman–Crippen MR) is 72.8 cm³/mol. The number of imide groups is 1. The number of urea groups is 1. The fourth-order valence-corrected chi connectivity index (χ4v) is 2.00. The normalized spacial score (nSPS) is 17.1. The average Bonchev–Trinajstić information content (AvgIpc) is 2.61. The minimum atomic E-state index is -0.833. The van der Waals surface area contributed by atoms with Crippen molar-refractivity contribution >= 4 is 11.9 Å². The first-order chi connectivity index (χ1) is 9.45. The van der Waals surface area contributed by atoms with Crippen molar-refractivity contribution in [1.82, 2.24) is 10.2 Å². The molecule has 1 heterocycles. The van der Waals surface area contributed by atoms with Gasteiger partial charge >= 0.3 is 6.03 Å². The van der Waals surface area contributed by atoms with Crippen LogP contribution in [-0.2, 0) is 4.79 Å². The van der Waals surface area contributed by atoms with Gasteiger partial charge < -0.3 is 14.4 Å². The molecule has 0 spiro atoms. The number of hydrogen-bond acceptors (Lipinski definition) is 4. The Morgan fingerprint density at radius 2 is 1.75 bits per heavy atom. The molecule has 0 aromatic heterocycles. The quantitative estimate of drug-likeness (QED) is 0.827. The summed E-state index contributed by atoms with van der Waals surface area (Å²) in [6, 6.07) is 6.80. The van der Waals surface area contributed by atoms with Crippen molar-refractivity contribution in [2.24, 2.45) is 0 Å². The average molecular weight is 278 g/mol. The van der Waals surface area contributed by atoms with Gasteiger partial charge in [0, 0.05) is 0 Å². The summed E-state index contributed by atoms with van der Waals surface area (Å²) in [5.41, 5.74) is -0.833. The van der Waals surface area contributed by atoms with Crippen molar-refractivity contribution in [1.29, 1.82) is 0 Å². The van der Waals surface area contributed by atoms with Crippen LogP contribution in [0, 0.1) is 0 Å². The van der Waals surface area contributed by atoms with Gasteiger partial charge in [-0.2, -0.15) is 0 Å². The molecule has 1 aromatic carbocycles. The van der Waals surface area contributed by atoms with E-state index < -0.39 is 5.54 Å². The molecule has 0 radical (unpaired) electrons. The van der Waals surface area contributed by atoms with Gasteiger partial charge in [0.15, 0.2) is 0 Å². The lowest BCUT2D eigenvalue weighted by atomic mass is 10.1. The molecule has 20 heavy (non-hydrogen) atoms. The zero-order valence-electron chi connectivity index (χ0n) is 11.8. The number of carbonyl (C=O) groups excluding carboxylic acids is 2. The number of benzene rings is 1. The SMILES string of the molecule is COc1ccc(OCCN2C(=O)NC(=O)C2(C)C)cc1. The fourth-order valence-electron chi connectivity index (χ4n) is 2.00. The number of rotatable bonds is 5. The molecule has 0 bridgehead atoms. The second kappa shape index (κ2) is 5.40. The Labute approximate surface area is 117 Å². The number of methoxy groups -OCH3 is 1. The first kappa shape index (κ1) is 14.2. The number of amides is 3. The highest BCUT2D eigenvalue weighted by molar-refractivity contribution is 6.06. The summed E-state index contributed by atoms with van der Waals surface area (Å²) in [6.45, 7) is 4.08. The highest BCUT2D eigenvalue weighted by Gasteiger charge is 2.45. The summed E-state index contributed by atoms with van der Waals surface area (Å²) in [7, 11) is 1.60. The van der Waals surface area contributed by atoms with Crippen molar-refractivity contribution in [3.8, 4) is 11.5 Å². The standard InChI is InChI=1S/C14H18N2O4/c1-14(2)12(17)15-13(18)16(14)8-9-20-11-6-4-10(19-3)5-7-11/h4-7H,8-9H2,1-3H3,(H,15,17,18). The van der Waals surface area contributed by atoms with E-state index in [1.165, 1.54) is 4.90 Å². The summed E-state index contributed by atoms with van der Waals surface area (Å²) in [6.07, 6.45) is 0. The van der Waals surface area contributed by atoms with Gasteiger partial charge in [0.25, 0.3) is 5.91 Å². The van der Waals surface area contributed by atoms with Crippen LogP contribution in [0.4, 0.5) is 4.79 Å². The van der Waals surface area contributed by atoms with E-state index in [1.54, 1.807) is 45.2 Å². The molecule has 3 amide bonds. The van der Waals surface area contributed by atoms with Crippen molar-refractivity contribution < 1.29 is 19.1 Å². The Kier molecular flexibility index (Phi) is 3.83. The van der Waals surface area contributed by atoms with Gasteiger partial charge in [0.2, 0.25) is 0 Å². The van der Waals surface area contributed by atoms with E-state index in [2.05, 4.69) is 5.32 Å². The van der Waals surface area contributed by atoms with Crippen molar-refractivity contribution in [2.45, 2.75) is 19.4 Å². The van der Waals surface area contributed by atoms with Crippen LogP contribution in [0.5, 0.6) is 11.5 Å². The van der Waals surface area contributed by atoms with Crippen LogP contribution in [0.2, 0.25) is 0 Å². The van der Waals surface area contributed by atoms with Crippen molar-refractivity contribution in [3.63, 3.8) is 0 Å². The molecule has 1 N–H and O–H groups in total. The number of nitrogens with zero attached hydrogens (tertiary/aromatic N) is 1. The van der Waals surface area contributed by atoms with Gasteiger partial charge in [-0.1, -0.05) is 0 Å². The molecule has 0 atom stereocenters. The molecule has 0 aliphatic carbocycles. The Morgan fingerprint density at radius 1 is 1.15 bits per heavy atom. The lowest BCUT2D eigenvalue weighted by Gasteiger charge is -2.27. The summed E-state index contributed by atoms with van der Waals surface area (Å²) >= 11 is 0. The van der Waals surface area contributed by atoms with Crippen molar-refractivity contribution in [2.75, 3.05) is 20.3 Å². The van der Waals surface area contributed by atoms with Gasteiger partial charge in [-0.05, 0) is 38.1 Å². The molecule has 2 rings (SSSR count). The third-order valence-corrected chi connectivity index (χ3v) is 3.34. The topological polar surface area (TPSA) is 67.9 Å². The fraction of sp³-hybridized carbons (Fsp3) is 0.429. The van der Waals surface area contributed by atoms with E-state index in [-0.39, 0.29) is 11.9 Å². The maximum atomic E-state index is 11.6. The second-order valence-corrected chi connectivity index (χ2v) is 4.99. The van der Waals surface area contributed by atoms with Crippen LogP contribution in [0.15, 0.2) is 24.3 Å². The van der Waals surface area contributed by atoms with Gasteiger partial charge in [0.05, 0.1) is 13.7 Å². The molecule has 1 saturated heterocycles. The predicted octanol–water partition coefficient (Wildman–Crippen LogP) is 1.40. The zero-order chi connectivity index (χ0) is 14.8. The van der Waals surface area contributed by atoms with E-state index >= 15 is 0 Å². The van der Waals surface area contributed by atoms with E-state index in [0.29, 0.717) is 18.9 Å². The first-order valence-corrected chi connectivity index (χ1v) is 6.35. The van der Waals surface area contributed by atoms with Gasteiger partial charge in [-0.3, -0.25) is 10.1 Å². The van der Waals surface area contributed by atoms with Crippen LogP contribution >= 0.6 is 0 Å². The van der Waals surface area contributed by atoms with Crippen LogP contribution in [-0.4, -0.2) is 42.6 Å². The van der Waals surface area contributed by atoms with Gasteiger partial charge in [0.1, 0.15) is 23.6 Å². The minimum Gasteiger partial charge on any atom is -0.497 e. The number of ether oxygens (including phenoxy) is 2. The van der Waals surface area contributed by atoms with Gasteiger partial charge in [-0.25, -0.2) is 4.79 Å². The summed E-state index contributed by atoms with van der Waals surface area (Å²) < 4.78 is 10.6. The van der Waals surface area contributed by atoms with Crippen LogP contribution in [0.25, 0.3) is 0 Å². The minimum absolute atomic E-state index is 0.285. The first-order valence-electron chi connectivity index (χ1n) is 6.35. The summed E-state index contributed by atoms with van der Waals surface area (Å²) in [5, 5.41) is 2.30. The Morgan fingerprint density at radius 3 is 2.25 bits per heavy atom. The van der Waals surface area contributed by atoms with E-state index in [4.69, 9.17) is 9.47 Å². The molecule has 108 valence electrons. The highest BCUT2D eigenvalue weighted by atomic mass is 16.5. The van der Waals surface area contributed by atoms with E-state index in [0.717, 1.165) is 5.75 Å². The lowest BCUT2D eigenvalue weighted by molar-refractivity contribution is -0.125. The van der Waals surface area contributed by atoms with E-state index in [1.807, 2.05) is 0 Å². The van der Waals surface area contributed by atoms with Crippen LogP contribution < -0.4 is 14.8 Å². The van der Waals surface area contributed by atoms with Crippen LogP contribution in [0.1, 0.15) is 13.8 Å². The van der Waals surface area contributed by atoms with Crippen LogP contribution in [0.3, 0.4) is 0 Å². The smallest absolute Gasteiger partial charge is 0.325 e. The Balaban J connectivity index is 1.89. The molecule has 0 unspecified atom stereocenters. The number of carbonyl (C=O) groups is 2. The van der Waals surface area contributed by atoms with Gasteiger partial charge in [-0.15, -0.1) is 0 Å².